The molecule has 1 rings (SSSR count). The monoisotopic (exact) mass is 222 g/mol. The van der Waals surface area contributed by atoms with E-state index in [-0.39, 0.29) is 17.4 Å². The molecule has 0 fully saturated rings. The number of para-hydroxylation sites is 1. The summed E-state index contributed by atoms with van der Waals surface area (Å²) in [4.78, 5) is 22.5. The summed E-state index contributed by atoms with van der Waals surface area (Å²) in [7, 11) is 0. The largest absolute Gasteiger partial charge is 0.459 e. The van der Waals surface area contributed by atoms with E-state index in [1.807, 2.05) is 0 Å². The van der Waals surface area contributed by atoms with Crippen LogP contribution in [-0.4, -0.2) is 18.0 Å². The van der Waals surface area contributed by atoms with Crippen LogP contribution in [0.3, 0.4) is 0 Å². The molecule has 0 bridgehead atoms. The zero-order valence-corrected chi connectivity index (χ0v) is 9.52. The minimum atomic E-state index is -0.494. The molecule has 0 saturated carbocycles. The molecule has 0 aromatic heterocycles. The fourth-order valence-electron chi connectivity index (χ4n) is 1.16. The summed E-state index contributed by atoms with van der Waals surface area (Å²) in [6, 6.07) is 6.48. The topological polar surface area (TPSA) is 52.6 Å². The average molecular weight is 222 g/mol. The Kier molecular flexibility index (Phi) is 4.05. The second-order valence-corrected chi connectivity index (χ2v) is 3.54. The van der Waals surface area contributed by atoms with Crippen molar-refractivity contribution in [1.82, 2.24) is 0 Å². The highest BCUT2D eigenvalue weighted by Gasteiger charge is 2.15. The highest BCUT2D eigenvalue weighted by Crippen LogP contribution is 2.19. The molecule has 0 aliphatic rings. The maximum Gasteiger partial charge on any atom is 0.342 e. The molecule has 0 N–H and O–H groups in total. The molecule has 0 aliphatic carbocycles. The summed E-state index contributed by atoms with van der Waals surface area (Å²) in [6.45, 7) is 4.79. The van der Waals surface area contributed by atoms with E-state index in [1.165, 1.54) is 6.92 Å². The third kappa shape index (κ3) is 3.38. The summed E-state index contributed by atoms with van der Waals surface area (Å²) in [6.07, 6.45) is -0.210. The van der Waals surface area contributed by atoms with Crippen molar-refractivity contribution in [2.75, 3.05) is 0 Å². The number of ether oxygens (including phenoxy) is 2. The van der Waals surface area contributed by atoms with E-state index in [2.05, 4.69) is 0 Å². The van der Waals surface area contributed by atoms with Gasteiger partial charge in [0.1, 0.15) is 11.3 Å². The van der Waals surface area contributed by atoms with Crippen LogP contribution in [0.25, 0.3) is 0 Å². The van der Waals surface area contributed by atoms with Crippen LogP contribution in [0, 0.1) is 0 Å². The van der Waals surface area contributed by atoms with Crippen LogP contribution >= 0.6 is 0 Å². The second kappa shape index (κ2) is 5.30. The number of rotatable bonds is 3. The number of esters is 2. The Morgan fingerprint density at radius 1 is 1.19 bits per heavy atom. The number of carbonyl (C=O) groups is 2. The Balaban J connectivity index is 2.94. The Bertz CT molecular complexity index is 396. The molecule has 16 heavy (non-hydrogen) atoms. The van der Waals surface area contributed by atoms with E-state index in [0.717, 1.165) is 0 Å². The molecule has 0 amide bonds. The van der Waals surface area contributed by atoms with Gasteiger partial charge in [-0.2, -0.15) is 0 Å². The number of hydrogen-bond acceptors (Lipinski definition) is 4. The van der Waals surface area contributed by atoms with Crippen molar-refractivity contribution in [2.24, 2.45) is 0 Å². The number of benzene rings is 1. The van der Waals surface area contributed by atoms with Crippen LogP contribution in [0.5, 0.6) is 5.75 Å². The first-order chi connectivity index (χ1) is 7.50. The zero-order chi connectivity index (χ0) is 12.1. The molecular weight excluding hydrogens is 208 g/mol. The molecule has 1 aromatic rings. The normalized spacial score (nSPS) is 10.0. The van der Waals surface area contributed by atoms with E-state index in [4.69, 9.17) is 9.47 Å². The minimum Gasteiger partial charge on any atom is -0.459 e. The van der Waals surface area contributed by atoms with Crippen molar-refractivity contribution in [1.29, 1.82) is 0 Å². The van der Waals surface area contributed by atoms with E-state index in [0.29, 0.717) is 0 Å². The first-order valence-electron chi connectivity index (χ1n) is 4.99. The van der Waals surface area contributed by atoms with Gasteiger partial charge in [-0.15, -0.1) is 0 Å². The lowest BCUT2D eigenvalue weighted by Gasteiger charge is -2.10. The SMILES string of the molecule is CC(=O)Oc1ccccc1C(=O)OC(C)C. The molecule has 4 heteroatoms. The Morgan fingerprint density at radius 3 is 2.38 bits per heavy atom. The molecule has 0 atom stereocenters. The predicted molar refractivity (Wildman–Crippen MR) is 58.3 cm³/mol. The Morgan fingerprint density at radius 2 is 1.81 bits per heavy atom. The molecule has 0 unspecified atom stereocenters. The van der Waals surface area contributed by atoms with Gasteiger partial charge in [0.05, 0.1) is 6.10 Å². The van der Waals surface area contributed by atoms with Crippen LogP contribution < -0.4 is 4.74 Å². The second-order valence-electron chi connectivity index (χ2n) is 3.54. The molecule has 0 aliphatic heterocycles. The van der Waals surface area contributed by atoms with E-state index < -0.39 is 11.9 Å². The average Bonchev–Trinajstić information content (AvgIpc) is 2.16. The Labute approximate surface area is 94.2 Å². The van der Waals surface area contributed by atoms with Gasteiger partial charge in [-0.25, -0.2) is 4.79 Å². The predicted octanol–water partition coefficient (Wildman–Crippen LogP) is 2.18. The first-order valence-corrected chi connectivity index (χ1v) is 4.99. The van der Waals surface area contributed by atoms with Crippen molar-refractivity contribution in [3.05, 3.63) is 29.8 Å². The fraction of sp³-hybridized carbons (Fsp3) is 0.333. The van der Waals surface area contributed by atoms with Gasteiger partial charge in [0.25, 0.3) is 0 Å². The van der Waals surface area contributed by atoms with Crippen LogP contribution in [0.2, 0.25) is 0 Å². The quantitative estimate of drug-likeness (QED) is 0.581. The van der Waals surface area contributed by atoms with Gasteiger partial charge < -0.3 is 9.47 Å². The van der Waals surface area contributed by atoms with Crippen LogP contribution in [0.4, 0.5) is 0 Å². The van der Waals surface area contributed by atoms with E-state index in [9.17, 15) is 9.59 Å². The van der Waals surface area contributed by atoms with Crippen molar-refractivity contribution >= 4 is 11.9 Å². The third-order valence-electron chi connectivity index (χ3n) is 1.70. The van der Waals surface area contributed by atoms with Crippen LogP contribution in [-0.2, 0) is 9.53 Å². The third-order valence-corrected chi connectivity index (χ3v) is 1.70. The molecule has 86 valence electrons. The van der Waals surface area contributed by atoms with Gasteiger partial charge in [-0.05, 0) is 26.0 Å². The van der Waals surface area contributed by atoms with Gasteiger partial charge in [0.2, 0.25) is 0 Å². The summed E-state index contributed by atoms with van der Waals surface area (Å²) in [5, 5.41) is 0. The summed E-state index contributed by atoms with van der Waals surface area (Å²) >= 11 is 0. The van der Waals surface area contributed by atoms with Crippen molar-refractivity contribution in [3.8, 4) is 5.75 Å². The summed E-state index contributed by atoms with van der Waals surface area (Å²) in [5.74, 6) is -0.739. The molecule has 4 nitrogen and oxygen atoms in total. The lowest BCUT2D eigenvalue weighted by atomic mass is 10.2. The van der Waals surface area contributed by atoms with Crippen LogP contribution in [0.15, 0.2) is 24.3 Å². The lowest BCUT2D eigenvalue weighted by Crippen LogP contribution is -2.14. The van der Waals surface area contributed by atoms with Gasteiger partial charge in [0, 0.05) is 6.92 Å². The van der Waals surface area contributed by atoms with Crippen molar-refractivity contribution in [3.63, 3.8) is 0 Å². The van der Waals surface area contributed by atoms with Crippen LogP contribution in [0.1, 0.15) is 31.1 Å². The van der Waals surface area contributed by atoms with Gasteiger partial charge in [-0.1, -0.05) is 12.1 Å². The zero-order valence-electron chi connectivity index (χ0n) is 9.52. The van der Waals surface area contributed by atoms with E-state index >= 15 is 0 Å². The van der Waals surface area contributed by atoms with E-state index in [1.54, 1.807) is 38.1 Å². The first kappa shape index (κ1) is 12.2. The van der Waals surface area contributed by atoms with Gasteiger partial charge in [-0.3, -0.25) is 4.79 Å². The molecule has 1 aromatic carbocycles. The molecule has 0 radical (unpaired) electrons. The van der Waals surface area contributed by atoms with Gasteiger partial charge in [0.15, 0.2) is 0 Å². The minimum absolute atomic E-state index is 0.210. The fourth-order valence-corrected chi connectivity index (χ4v) is 1.16. The Hall–Kier alpha value is -1.84. The van der Waals surface area contributed by atoms with Crippen molar-refractivity contribution < 1.29 is 19.1 Å². The highest BCUT2D eigenvalue weighted by atomic mass is 16.6. The summed E-state index contributed by atoms with van der Waals surface area (Å²) < 4.78 is 9.94. The molecule has 0 saturated heterocycles. The number of hydrogen-bond donors (Lipinski definition) is 0. The standard InChI is InChI=1S/C12H14O4/c1-8(2)15-12(14)10-6-4-5-7-11(10)16-9(3)13/h4-8H,1-3H3. The maximum absolute atomic E-state index is 11.6. The smallest absolute Gasteiger partial charge is 0.342 e. The summed E-state index contributed by atoms with van der Waals surface area (Å²) in [5.41, 5.74) is 0.256. The molecule has 0 spiro atoms. The molecular formula is C12H14O4. The lowest BCUT2D eigenvalue weighted by molar-refractivity contribution is -0.131. The highest BCUT2D eigenvalue weighted by molar-refractivity contribution is 5.93. The van der Waals surface area contributed by atoms with Gasteiger partial charge >= 0.3 is 11.9 Å². The number of carbonyl (C=O) groups excluding carboxylic acids is 2. The molecule has 0 heterocycles. The van der Waals surface area contributed by atoms with Crippen molar-refractivity contribution in [2.45, 2.75) is 26.9 Å². The maximum atomic E-state index is 11.6.